The molecule has 5 heteroatoms. The van der Waals surface area contributed by atoms with Gasteiger partial charge in [-0.2, -0.15) is 0 Å². The number of methoxy groups -OCH3 is 2. The summed E-state index contributed by atoms with van der Waals surface area (Å²) in [6, 6.07) is 4.96. The number of nitrogens with one attached hydrogen (secondary N) is 1. The molecule has 1 aromatic carbocycles. The van der Waals surface area contributed by atoms with Gasteiger partial charge in [-0.25, -0.2) is 4.39 Å². The van der Waals surface area contributed by atoms with E-state index in [9.17, 15) is 4.39 Å². The second-order valence-corrected chi connectivity index (χ2v) is 4.44. The van der Waals surface area contributed by atoms with E-state index in [1.807, 2.05) is 0 Å². The Morgan fingerprint density at radius 2 is 2.05 bits per heavy atom. The molecule has 0 aliphatic rings. The van der Waals surface area contributed by atoms with Crippen molar-refractivity contribution in [3.05, 3.63) is 29.6 Å². The van der Waals surface area contributed by atoms with Crippen molar-refractivity contribution in [1.82, 2.24) is 5.32 Å². The van der Waals surface area contributed by atoms with Gasteiger partial charge in [0.15, 0.2) is 11.6 Å². The van der Waals surface area contributed by atoms with Crippen LogP contribution < -0.4 is 10.1 Å². The maximum atomic E-state index is 14.3. The van der Waals surface area contributed by atoms with Crippen LogP contribution in [0.4, 0.5) is 4.39 Å². The zero-order valence-corrected chi connectivity index (χ0v) is 12.4. The van der Waals surface area contributed by atoms with E-state index < -0.39 is 0 Å². The van der Waals surface area contributed by atoms with Crippen LogP contribution in [0, 0.1) is 5.82 Å². The van der Waals surface area contributed by atoms with Gasteiger partial charge in [-0.3, -0.25) is 0 Å². The third kappa shape index (κ3) is 5.07. The molecular formula is C15H24FNO3. The highest BCUT2D eigenvalue weighted by Crippen LogP contribution is 2.25. The second-order valence-electron chi connectivity index (χ2n) is 4.44. The van der Waals surface area contributed by atoms with Gasteiger partial charge in [0.2, 0.25) is 0 Å². The summed E-state index contributed by atoms with van der Waals surface area (Å²) in [5.74, 6) is -0.0818. The lowest BCUT2D eigenvalue weighted by Gasteiger charge is -2.20. The topological polar surface area (TPSA) is 39.7 Å². The summed E-state index contributed by atoms with van der Waals surface area (Å²) < 4.78 is 29.8. The molecule has 0 fully saturated rings. The van der Waals surface area contributed by atoms with Crippen molar-refractivity contribution < 1.29 is 18.6 Å². The Labute approximate surface area is 120 Å². The van der Waals surface area contributed by atoms with E-state index in [1.54, 1.807) is 25.3 Å². The minimum Gasteiger partial charge on any atom is -0.494 e. The lowest BCUT2D eigenvalue weighted by molar-refractivity contribution is 0.0580. The van der Waals surface area contributed by atoms with Gasteiger partial charge in [0.25, 0.3) is 0 Å². The Hall–Kier alpha value is -1.17. The molecule has 0 aliphatic carbocycles. The van der Waals surface area contributed by atoms with Crippen LogP contribution in [0.3, 0.4) is 0 Å². The molecule has 4 nitrogen and oxygen atoms in total. The zero-order chi connectivity index (χ0) is 14.8. The summed E-state index contributed by atoms with van der Waals surface area (Å²) in [4.78, 5) is 0. The van der Waals surface area contributed by atoms with Crippen molar-refractivity contribution in [1.29, 1.82) is 0 Å². The minimum absolute atomic E-state index is 0.193. The normalized spacial score (nSPS) is 12.4. The minimum atomic E-state index is -0.334. The molecule has 0 heterocycles. The van der Waals surface area contributed by atoms with E-state index >= 15 is 0 Å². The van der Waals surface area contributed by atoms with Gasteiger partial charge in [0.05, 0.1) is 33.0 Å². The maximum Gasteiger partial charge on any atom is 0.169 e. The highest BCUT2D eigenvalue weighted by Gasteiger charge is 2.18. The monoisotopic (exact) mass is 285 g/mol. The Balaban J connectivity index is 2.75. The molecule has 1 rings (SSSR count). The maximum absolute atomic E-state index is 14.3. The quantitative estimate of drug-likeness (QED) is 0.671. The van der Waals surface area contributed by atoms with Gasteiger partial charge in [-0.1, -0.05) is 19.1 Å². The number of hydrogen-bond acceptors (Lipinski definition) is 4. The SMILES string of the molecule is CCCNC(COCCOC)c1cccc(OC)c1F. The molecule has 0 bridgehead atoms. The van der Waals surface area contributed by atoms with Crippen molar-refractivity contribution in [2.75, 3.05) is 40.6 Å². The van der Waals surface area contributed by atoms with E-state index in [0.717, 1.165) is 13.0 Å². The average Bonchev–Trinajstić information content (AvgIpc) is 2.47. The van der Waals surface area contributed by atoms with Crippen LogP contribution in [-0.2, 0) is 9.47 Å². The fourth-order valence-corrected chi connectivity index (χ4v) is 1.88. The first-order chi connectivity index (χ1) is 9.74. The van der Waals surface area contributed by atoms with E-state index in [-0.39, 0.29) is 17.6 Å². The average molecular weight is 285 g/mol. The van der Waals surface area contributed by atoms with Crippen LogP contribution in [0.1, 0.15) is 24.9 Å². The molecule has 0 aromatic heterocycles. The molecule has 20 heavy (non-hydrogen) atoms. The predicted octanol–water partition coefficient (Wildman–Crippen LogP) is 2.54. The van der Waals surface area contributed by atoms with Crippen molar-refractivity contribution in [2.45, 2.75) is 19.4 Å². The van der Waals surface area contributed by atoms with Gasteiger partial charge >= 0.3 is 0 Å². The fourth-order valence-electron chi connectivity index (χ4n) is 1.88. The van der Waals surface area contributed by atoms with Crippen LogP contribution in [-0.4, -0.2) is 40.6 Å². The summed E-state index contributed by atoms with van der Waals surface area (Å²) >= 11 is 0. The molecule has 0 radical (unpaired) electrons. The van der Waals surface area contributed by atoms with Crippen molar-refractivity contribution in [3.8, 4) is 5.75 Å². The molecule has 1 atom stereocenters. The molecule has 0 spiro atoms. The summed E-state index contributed by atoms with van der Waals surface area (Å²) in [6.45, 7) is 4.29. The van der Waals surface area contributed by atoms with Gasteiger partial charge in [-0.15, -0.1) is 0 Å². The van der Waals surface area contributed by atoms with Crippen LogP contribution in [0.5, 0.6) is 5.75 Å². The van der Waals surface area contributed by atoms with Gasteiger partial charge in [0, 0.05) is 12.7 Å². The highest BCUT2D eigenvalue weighted by atomic mass is 19.1. The number of benzene rings is 1. The first kappa shape index (κ1) is 16.9. The molecule has 114 valence electrons. The molecule has 1 aromatic rings. The van der Waals surface area contributed by atoms with E-state index in [4.69, 9.17) is 14.2 Å². The Kier molecular flexibility index (Phi) is 8.18. The molecule has 0 aliphatic heterocycles. The van der Waals surface area contributed by atoms with Crippen molar-refractivity contribution in [3.63, 3.8) is 0 Å². The lowest BCUT2D eigenvalue weighted by atomic mass is 10.1. The standard InChI is InChI=1S/C15H24FNO3/c1-4-8-17-13(11-20-10-9-18-2)12-6-5-7-14(19-3)15(12)16/h5-7,13,17H,4,8-11H2,1-3H3. The third-order valence-electron chi connectivity index (χ3n) is 2.95. The van der Waals surface area contributed by atoms with Crippen molar-refractivity contribution >= 4 is 0 Å². The Morgan fingerprint density at radius 3 is 2.70 bits per heavy atom. The molecule has 0 amide bonds. The smallest absolute Gasteiger partial charge is 0.169 e. The highest BCUT2D eigenvalue weighted by molar-refractivity contribution is 5.33. The Morgan fingerprint density at radius 1 is 1.25 bits per heavy atom. The molecular weight excluding hydrogens is 261 g/mol. The van der Waals surface area contributed by atoms with Gasteiger partial charge < -0.3 is 19.5 Å². The number of halogens is 1. The third-order valence-corrected chi connectivity index (χ3v) is 2.95. The first-order valence-electron chi connectivity index (χ1n) is 6.87. The van der Waals surface area contributed by atoms with Crippen molar-refractivity contribution in [2.24, 2.45) is 0 Å². The zero-order valence-electron chi connectivity index (χ0n) is 12.4. The van der Waals surface area contributed by atoms with E-state index in [1.165, 1.54) is 7.11 Å². The number of ether oxygens (including phenoxy) is 3. The summed E-state index contributed by atoms with van der Waals surface area (Å²) in [6.07, 6.45) is 0.972. The summed E-state index contributed by atoms with van der Waals surface area (Å²) in [7, 11) is 3.09. The van der Waals surface area contributed by atoms with Gasteiger partial charge in [-0.05, 0) is 19.0 Å². The predicted molar refractivity (Wildman–Crippen MR) is 76.7 cm³/mol. The lowest BCUT2D eigenvalue weighted by Crippen LogP contribution is -2.27. The summed E-state index contributed by atoms with van der Waals surface area (Å²) in [5, 5.41) is 3.29. The van der Waals surface area contributed by atoms with Crippen LogP contribution in [0.25, 0.3) is 0 Å². The van der Waals surface area contributed by atoms with Gasteiger partial charge in [0.1, 0.15) is 0 Å². The summed E-state index contributed by atoms with van der Waals surface area (Å²) in [5.41, 5.74) is 0.565. The van der Waals surface area contributed by atoms with Crippen LogP contribution >= 0.6 is 0 Å². The number of hydrogen-bond donors (Lipinski definition) is 1. The first-order valence-corrected chi connectivity index (χ1v) is 6.87. The largest absolute Gasteiger partial charge is 0.494 e. The molecule has 1 N–H and O–H groups in total. The van der Waals surface area contributed by atoms with E-state index in [0.29, 0.717) is 25.4 Å². The molecule has 0 saturated heterocycles. The van der Waals surface area contributed by atoms with E-state index in [2.05, 4.69) is 12.2 Å². The molecule has 0 saturated carbocycles. The molecule has 1 unspecified atom stereocenters. The van der Waals surface area contributed by atoms with Crippen LogP contribution in [0.15, 0.2) is 18.2 Å². The number of rotatable bonds is 10. The van der Waals surface area contributed by atoms with Crippen LogP contribution in [0.2, 0.25) is 0 Å². The second kappa shape index (κ2) is 9.69. The fraction of sp³-hybridized carbons (Fsp3) is 0.600. The Bertz CT molecular complexity index is 387.